The number of hydrogen-bond donors (Lipinski definition) is 0. The molecule has 0 aliphatic carbocycles. The molecule has 0 amide bonds. The van der Waals surface area contributed by atoms with Crippen LogP contribution in [0, 0.1) is 3.57 Å². The normalized spacial score (nSPS) is 10.3. The van der Waals surface area contributed by atoms with Gasteiger partial charge in [0, 0.05) is 15.6 Å². The second-order valence-electron chi connectivity index (χ2n) is 4.25. The maximum Gasteiger partial charge on any atom is 0.168 e. The molecule has 0 fully saturated rings. The zero-order chi connectivity index (χ0) is 13.0. The number of aryl methyl sites for hydroxylation is 1. The number of Topliss-reactive ketones (excluding diaryl/α,β-unsaturated/α-hetero) is 1. The molecule has 0 aliphatic heterocycles. The molecule has 0 atom stereocenters. The van der Waals surface area contributed by atoms with Gasteiger partial charge >= 0.3 is 0 Å². The fraction of sp³-hybridized carbons (Fsp3) is 0.188. The first-order chi connectivity index (χ1) is 8.70. The van der Waals surface area contributed by atoms with Crippen molar-refractivity contribution in [2.45, 2.75) is 19.8 Å². The van der Waals surface area contributed by atoms with Gasteiger partial charge in [-0.2, -0.15) is 0 Å². The average Bonchev–Trinajstić information content (AvgIpc) is 2.40. The highest BCUT2D eigenvalue weighted by Gasteiger charge is 2.09. The van der Waals surface area contributed by atoms with E-state index >= 15 is 0 Å². The molecule has 0 heterocycles. The fourth-order valence-corrected chi connectivity index (χ4v) is 2.55. The van der Waals surface area contributed by atoms with Gasteiger partial charge in [0.1, 0.15) is 0 Å². The van der Waals surface area contributed by atoms with Crippen LogP contribution < -0.4 is 0 Å². The van der Waals surface area contributed by atoms with Crippen molar-refractivity contribution in [1.82, 2.24) is 0 Å². The van der Waals surface area contributed by atoms with Crippen molar-refractivity contribution in [2.75, 3.05) is 0 Å². The van der Waals surface area contributed by atoms with Gasteiger partial charge in [0.15, 0.2) is 5.78 Å². The Morgan fingerprint density at radius 2 is 1.61 bits per heavy atom. The molecular weight excluding hydrogens is 335 g/mol. The van der Waals surface area contributed by atoms with E-state index in [2.05, 4.69) is 41.6 Å². The lowest BCUT2D eigenvalue weighted by Gasteiger charge is -2.04. The minimum atomic E-state index is 0.184. The van der Waals surface area contributed by atoms with Crippen molar-refractivity contribution < 1.29 is 4.79 Å². The standard InChI is InChI=1S/C16H15IO/c1-2-12-7-9-13(10-8-12)11-16(18)14-5-3-4-6-15(14)17/h3-10H,2,11H2,1H3. The number of carbonyl (C=O) groups excluding carboxylic acids is 1. The predicted molar refractivity (Wildman–Crippen MR) is 83.0 cm³/mol. The molecule has 0 saturated carbocycles. The lowest BCUT2D eigenvalue weighted by atomic mass is 10.0. The van der Waals surface area contributed by atoms with Gasteiger partial charge < -0.3 is 0 Å². The molecule has 0 unspecified atom stereocenters. The van der Waals surface area contributed by atoms with Gasteiger partial charge in [0.2, 0.25) is 0 Å². The second-order valence-corrected chi connectivity index (χ2v) is 5.41. The van der Waals surface area contributed by atoms with E-state index < -0.39 is 0 Å². The van der Waals surface area contributed by atoms with E-state index in [0.717, 1.165) is 21.1 Å². The third kappa shape index (κ3) is 3.19. The van der Waals surface area contributed by atoms with Crippen molar-refractivity contribution >= 4 is 28.4 Å². The van der Waals surface area contributed by atoms with Gasteiger partial charge in [-0.1, -0.05) is 49.4 Å². The minimum absolute atomic E-state index is 0.184. The van der Waals surface area contributed by atoms with E-state index in [4.69, 9.17) is 0 Å². The van der Waals surface area contributed by atoms with Gasteiger partial charge in [-0.05, 0) is 46.2 Å². The Morgan fingerprint density at radius 1 is 1.00 bits per heavy atom. The van der Waals surface area contributed by atoms with Crippen LogP contribution >= 0.6 is 22.6 Å². The Labute approximate surface area is 121 Å². The number of ketones is 1. The zero-order valence-electron chi connectivity index (χ0n) is 10.3. The summed E-state index contributed by atoms with van der Waals surface area (Å²) in [5.74, 6) is 0.184. The van der Waals surface area contributed by atoms with Crippen molar-refractivity contribution in [2.24, 2.45) is 0 Å². The number of rotatable bonds is 4. The molecule has 0 spiro atoms. The first-order valence-electron chi connectivity index (χ1n) is 6.06. The van der Waals surface area contributed by atoms with Gasteiger partial charge in [0.25, 0.3) is 0 Å². The second kappa shape index (κ2) is 6.14. The predicted octanol–water partition coefficient (Wildman–Crippen LogP) is 4.28. The number of benzene rings is 2. The third-order valence-electron chi connectivity index (χ3n) is 2.97. The minimum Gasteiger partial charge on any atom is -0.294 e. The summed E-state index contributed by atoms with van der Waals surface area (Å²) in [6, 6.07) is 16.0. The van der Waals surface area contributed by atoms with Gasteiger partial charge in [-0.25, -0.2) is 0 Å². The Kier molecular flexibility index (Phi) is 4.53. The molecule has 0 N–H and O–H groups in total. The van der Waals surface area contributed by atoms with E-state index in [1.165, 1.54) is 5.56 Å². The zero-order valence-corrected chi connectivity index (χ0v) is 12.5. The van der Waals surface area contributed by atoms with Crippen molar-refractivity contribution in [3.05, 3.63) is 68.8 Å². The smallest absolute Gasteiger partial charge is 0.168 e. The molecule has 2 rings (SSSR count). The highest BCUT2D eigenvalue weighted by molar-refractivity contribution is 14.1. The third-order valence-corrected chi connectivity index (χ3v) is 3.91. The van der Waals surface area contributed by atoms with Gasteiger partial charge in [0.05, 0.1) is 0 Å². The van der Waals surface area contributed by atoms with Crippen molar-refractivity contribution in [3.8, 4) is 0 Å². The van der Waals surface area contributed by atoms with Crippen molar-refractivity contribution in [3.63, 3.8) is 0 Å². The van der Waals surface area contributed by atoms with Crippen LogP contribution in [0.15, 0.2) is 48.5 Å². The Hall–Kier alpha value is -1.16. The maximum atomic E-state index is 12.2. The van der Waals surface area contributed by atoms with Crippen LogP contribution in [0.25, 0.3) is 0 Å². The van der Waals surface area contributed by atoms with Crippen LogP contribution in [0.3, 0.4) is 0 Å². The molecule has 0 radical (unpaired) electrons. The summed E-state index contributed by atoms with van der Waals surface area (Å²) in [5.41, 5.74) is 3.20. The van der Waals surface area contributed by atoms with Crippen LogP contribution in [-0.4, -0.2) is 5.78 Å². The van der Waals surface area contributed by atoms with Crippen LogP contribution in [0.1, 0.15) is 28.4 Å². The molecular formula is C16H15IO. The van der Waals surface area contributed by atoms with E-state index in [9.17, 15) is 4.79 Å². The highest BCUT2D eigenvalue weighted by atomic mass is 127. The number of carbonyl (C=O) groups is 1. The Morgan fingerprint density at radius 3 is 2.22 bits per heavy atom. The molecule has 0 aromatic heterocycles. The van der Waals surface area contributed by atoms with E-state index in [-0.39, 0.29) is 5.78 Å². The maximum absolute atomic E-state index is 12.2. The van der Waals surface area contributed by atoms with E-state index in [1.54, 1.807) is 0 Å². The van der Waals surface area contributed by atoms with E-state index in [1.807, 2.05) is 36.4 Å². The molecule has 1 nitrogen and oxygen atoms in total. The van der Waals surface area contributed by atoms with Crippen LogP contribution in [-0.2, 0) is 12.8 Å². The average molecular weight is 350 g/mol. The highest BCUT2D eigenvalue weighted by Crippen LogP contribution is 2.15. The molecule has 0 aliphatic rings. The quantitative estimate of drug-likeness (QED) is 0.594. The SMILES string of the molecule is CCc1ccc(CC(=O)c2ccccc2I)cc1. The largest absolute Gasteiger partial charge is 0.294 e. The van der Waals surface area contributed by atoms with Crippen LogP contribution in [0.2, 0.25) is 0 Å². The summed E-state index contributed by atoms with van der Waals surface area (Å²) >= 11 is 2.21. The summed E-state index contributed by atoms with van der Waals surface area (Å²) < 4.78 is 1.02. The van der Waals surface area contributed by atoms with Gasteiger partial charge in [-0.3, -0.25) is 4.79 Å². The first-order valence-corrected chi connectivity index (χ1v) is 7.14. The lowest BCUT2D eigenvalue weighted by Crippen LogP contribution is -2.05. The molecule has 2 aromatic rings. The van der Waals surface area contributed by atoms with Crippen LogP contribution in [0.5, 0.6) is 0 Å². The van der Waals surface area contributed by atoms with E-state index in [0.29, 0.717) is 6.42 Å². The first kappa shape index (κ1) is 13.3. The summed E-state index contributed by atoms with van der Waals surface area (Å²) in [6.07, 6.45) is 1.51. The summed E-state index contributed by atoms with van der Waals surface area (Å²) in [7, 11) is 0. The topological polar surface area (TPSA) is 17.1 Å². The summed E-state index contributed by atoms with van der Waals surface area (Å²) in [4.78, 5) is 12.2. The fourth-order valence-electron chi connectivity index (χ4n) is 1.86. The molecule has 0 saturated heterocycles. The summed E-state index contributed by atoms with van der Waals surface area (Å²) in [6.45, 7) is 2.13. The molecule has 2 heteroatoms. The van der Waals surface area contributed by atoms with Crippen molar-refractivity contribution in [1.29, 1.82) is 0 Å². The monoisotopic (exact) mass is 350 g/mol. The molecule has 18 heavy (non-hydrogen) atoms. The molecule has 92 valence electrons. The molecule has 2 aromatic carbocycles. The number of hydrogen-bond acceptors (Lipinski definition) is 1. The van der Waals surface area contributed by atoms with Crippen LogP contribution in [0.4, 0.5) is 0 Å². The lowest BCUT2D eigenvalue weighted by molar-refractivity contribution is 0.0992. The molecule has 0 bridgehead atoms. The van der Waals surface area contributed by atoms with Gasteiger partial charge in [-0.15, -0.1) is 0 Å². The summed E-state index contributed by atoms with van der Waals surface area (Å²) in [5, 5.41) is 0. The Balaban J connectivity index is 2.14. The Bertz CT molecular complexity index is 543. The number of halogens is 1.